The standard InChI is InChI=1S/C14H21N5S/c1-2-12-16-17-14-19(12)18-13(20-14)11-8-7-9-5-3-4-6-10(9)15-11/h9-11,15H,2-8H2,1H3. The van der Waals surface area contributed by atoms with Gasteiger partial charge in [-0.2, -0.15) is 9.61 Å². The predicted octanol–water partition coefficient (Wildman–Crippen LogP) is 2.73. The molecule has 0 radical (unpaired) electrons. The maximum absolute atomic E-state index is 4.75. The van der Waals surface area contributed by atoms with E-state index in [1.165, 1.54) is 43.5 Å². The molecule has 0 spiro atoms. The van der Waals surface area contributed by atoms with Crippen LogP contribution in [-0.2, 0) is 6.42 Å². The summed E-state index contributed by atoms with van der Waals surface area (Å²) < 4.78 is 1.93. The molecule has 1 aliphatic carbocycles. The highest BCUT2D eigenvalue weighted by Crippen LogP contribution is 2.37. The molecule has 20 heavy (non-hydrogen) atoms. The van der Waals surface area contributed by atoms with Gasteiger partial charge in [0.1, 0.15) is 5.01 Å². The highest BCUT2D eigenvalue weighted by atomic mass is 32.1. The molecule has 1 saturated carbocycles. The Morgan fingerprint density at radius 3 is 3.00 bits per heavy atom. The van der Waals surface area contributed by atoms with Gasteiger partial charge in [-0.3, -0.25) is 0 Å². The zero-order valence-electron chi connectivity index (χ0n) is 11.9. The van der Waals surface area contributed by atoms with Crippen LogP contribution in [0, 0.1) is 5.92 Å². The zero-order valence-corrected chi connectivity index (χ0v) is 12.7. The minimum absolute atomic E-state index is 0.422. The first kappa shape index (κ1) is 12.7. The van der Waals surface area contributed by atoms with E-state index in [1.54, 1.807) is 11.3 Å². The number of aryl methyl sites for hydroxylation is 1. The highest BCUT2D eigenvalue weighted by molar-refractivity contribution is 7.16. The Hall–Kier alpha value is -1.01. The Kier molecular flexibility index (Phi) is 3.22. The topological polar surface area (TPSA) is 55.1 Å². The molecular formula is C14H21N5S. The van der Waals surface area contributed by atoms with Gasteiger partial charge >= 0.3 is 0 Å². The van der Waals surface area contributed by atoms with E-state index >= 15 is 0 Å². The lowest BCUT2D eigenvalue weighted by molar-refractivity contribution is 0.176. The fourth-order valence-electron chi connectivity index (χ4n) is 3.72. The van der Waals surface area contributed by atoms with Crippen LogP contribution >= 0.6 is 11.3 Å². The first-order valence-corrected chi connectivity index (χ1v) is 8.64. The number of hydrogen-bond donors (Lipinski definition) is 1. The van der Waals surface area contributed by atoms with Gasteiger partial charge in [-0.1, -0.05) is 31.1 Å². The van der Waals surface area contributed by atoms with Crippen molar-refractivity contribution in [3.8, 4) is 0 Å². The molecule has 1 aliphatic heterocycles. The normalized spacial score (nSPS) is 30.6. The minimum atomic E-state index is 0.422. The van der Waals surface area contributed by atoms with Gasteiger partial charge in [0.15, 0.2) is 5.82 Å². The number of aromatic nitrogens is 4. The summed E-state index contributed by atoms with van der Waals surface area (Å²) in [5.74, 6) is 1.87. The third kappa shape index (κ3) is 2.05. The highest BCUT2D eigenvalue weighted by Gasteiger charge is 2.33. The van der Waals surface area contributed by atoms with Gasteiger partial charge in [0.05, 0.1) is 6.04 Å². The molecule has 3 atom stereocenters. The van der Waals surface area contributed by atoms with Gasteiger partial charge in [-0.25, -0.2) is 0 Å². The van der Waals surface area contributed by atoms with Gasteiger partial charge in [-0.05, 0) is 31.6 Å². The molecule has 2 aromatic heterocycles. The van der Waals surface area contributed by atoms with E-state index in [0.717, 1.165) is 23.1 Å². The van der Waals surface area contributed by atoms with Crippen molar-refractivity contribution in [3.05, 3.63) is 10.8 Å². The number of hydrogen-bond acceptors (Lipinski definition) is 5. The molecule has 4 rings (SSSR count). The van der Waals surface area contributed by atoms with Crippen LogP contribution in [0.15, 0.2) is 0 Å². The predicted molar refractivity (Wildman–Crippen MR) is 78.9 cm³/mol. The number of nitrogens with one attached hydrogen (secondary N) is 1. The second kappa shape index (κ2) is 5.07. The second-order valence-corrected chi connectivity index (χ2v) is 7.04. The Morgan fingerprint density at radius 1 is 1.20 bits per heavy atom. The summed E-state index contributed by atoms with van der Waals surface area (Å²) in [6.45, 7) is 2.10. The van der Waals surface area contributed by atoms with Crippen LogP contribution in [0.3, 0.4) is 0 Å². The number of piperidine rings is 1. The van der Waals surface area contributed by atoms with Gasteiger partial charge < -0.3 is 5.32 Å². The van der Waals surface area contributed by atoms with Crippen LogP contribution in [-0.4, -0.2) is 25.9 Å². The van der Waals surface area contributed by atoms with Crippen LogP contribution in [0.5, 0.6) is 0 Å². The summed E-state index contributed by atoms with van der Waals surface area (Å²) in [7, 11) is 0. The zero-order chi connectivity index (χ0) is 13.5. The summed E-state index contributed by atoms with van der Waals surface area (Å²) in [5, 5.41) is 18.2. The molecule has 3 heterocycles. The molecule has 0 amide bonds. The van der Waals surface area contributed by atoms with E-state index < -0.39 is 0 Å². The molecule has 0 bridgehead atoms. The Labute approximate surface area is 122 Å². The van der Waals surface area contributed by atoms with Gasteiger partial charge in [-0.15, -0.1) is 10.2 Å². The van der Waals surface area contributed by atoms with Crippen molar-refractivity contribution in [2.75, 3.05) is 0 Å². The van der Waals surface area contributed by atoms with Crippen LogP contribution in [0.25, 0.3) is 4.96 Å². The van der Waals surface area contributed by atoms with Crippen LogP contribution in [0.2, 0.25) is 0 Å². The van der Waals surface area contributed by atoms with E-state index in [1.807, 2.05) is 4.52 Å². The quantitative estimate of drug-likeness (QED) is 0.924. The average molecular weight is 291 g/mol. The molecule has 0 aromatic carbocycles. The largest absolute Gasteiger partial charge is 0.305 e. The lowest BCUT2D eigenvalue weighted by atomic mass is 9.78. The lowest BCUT2D eigenvalue weighted by Gasteiger charge is -2.39. The first-order chi connectivity index (χ1) is 9.85. The molecule has 5 nitrogen and oxygen atoms in total. The van der Waals surface area contributed by atoms with Crippen LogP contribution in [0.4, 0.5) is 0 Å². The number of nitrogens with zero attached hydrogens (tertiary/aromatic N) is 4. The minimum Gasteiger partial charge on any atom is -0.305 e. The van der Waals surface area contributed by atoms with Crippen LogP contribution in [0.1, 0.15) is 62.3 Å². The Balaban J connectivity index is 1.58. The SMILES string of the molecule is CCc1nnc2sc(C3CCC4CCCCC4N3)nn12. The van der Waals surface area contributed by atoms with E-state index in [0.29, 0.717) is 12.1 Å². The number of rotatable bonds is 2. The third-order valence-corrected chi connectivity index (χ3v) is 5.85. The second-order valence-electron chi connectivity index (χ2n) is 6.05. The summed E-state index contributed by atoms with van der Waals surface area (Å²) in [5.41, 5.74) is 0. The molecule has 2 aliphatic rings. The maximum atomic E-state index is 4.75. The molecule has 3 unspecified atom stereocenters. The van der Waals surface area contributed by atoms with Crippen molar-refractivity contribution >= 4 is 16.3 Å². The van der Waals surface area contributed by atoms with Gasteiger partial charge in [0.25, 0.3) is 0 Å². The Bertz CT molecular complexity index is 604. The van der Waals surface area contributed by atoms with Crippen molar-refractivity contribution in [1.29, 1.82) is 0 Å². The number of fused-ring (bicyclic) bond motifs is 2. The monoisotopic (exact) mass is 291 g/mol. The third-order valence-electron chi connectivity index (χ3n) is 4.84. The molecule has 6 heteroatoms. The molecular weight excluding hydrogens is 270 g/mol. The molecule has 1 saturated heterocycles. The van der Waals surface area contributed by atoms with Gasteiger partial charge in [0.2, 0.25) is 4.96 Å². The van der Waals surface area contributed by atoms with E-state index in [2.05, 4.69) is 22.4 Å². The van der Waals surface area contributed by atoms with Gasteiger partial charge in [0, 0.05) is 12.5 Å². The Morgan fingerprint density at radius 2 is 2.10 bits per heavy atom. The fourth-order valence-corrected chi connectivity index (χ4v) is 4.68. The molecule has 1 N–H and O–H groups in total. The van der Waals surface area contributed by atoms with Crippen molar-refractivity contribution in [3.63, 3.8) is 0 Å². The van der Waals surface area contributed by atoms with E-state index in [9.17, 15) is 0 Å². The molecule has 108 valence electrons. The summed E-state index contributed by atoms with van der Waals surface area (Å²) in [6.07, 6.45) is 9.00. The van der Waals surface area contributed by atoms with Crippen molar-refractivity contribution in [2.24, 2.45) is 5.92 Å². The van der Waals surface area contributed by atoms with Crippen molar-refractivity contribution in [1.82, 2.24) is 25.1 Å². The first-order valence-electron chi connectivity index (χ1n) is 7.82. The van der Waals surface area contributed by atoms with E-state index in [4.69, 9.17) is 5.10 Å². The average Bonchev–Trinajstić information content (AvgIpc) is 3.06. The summed E-state index contributed by atoms with van der Waals surface area (Å²) >= 11 is 1.70. The van der Waals surface area contributed by atoms with Crippen LogP contribution < -0.4 is 5.32 Å². The summed E-state index contributed by atoms with van der Waals surface area (Å²) in [6, 6.07) is 1.13. The fraction of sp³-hybridized carbons (Fsp3) is 0.786. The smallest absolute Gasteiger partial charge is 0.234 e. The lowest BCUT2D eigenvalue weighted by Crippen LogP contribution is -2.44. The van der Waals surface area contributed by atoms with E-state index in [-0.39, 0.29) is 0 Å². The van der Waals surface area contributed by atoms with Crippen molar-refractivity contribution < 1.29 is 0 Å². The molecule has 2 aromatic rings. The summed E-state index contributed by atoms with van der Waals surface area (Å²) in [4.78, 5) is 0.935. The molecule has 2 fully saturated rings. The van der Waals surface area contributed by atoms with Crippen molar-refractivity contribution in [2.45, 2.75) is 64.0 Å². The maximum Gasteiger partial charge on any atom is 0.234 e.